The Morgan fingerprint density at radius 2 is 1.78 bits per heavy atom. The number of hydrogen-bond donors (Lipinski definition) is 0. The first kappa shape index (κ1) is 10.2. The third-order valence-corrected chi connectivity index (χ3v) is 3.32. The Bertz CT molecular complexity index is 907. The molecule has 0 unspecified atom stereocenters. The van der Waals surface area contributed by atoms with Crippen molar-refractivity contribution in [3.05, 3.63) is 40.7 Å². The molecule has 0 aliphatic heterocycles. The first-order valence-corrected chi connectivity index (χ1v) is 6.05. The molecular formula is C13H5Cl2NO2. The van der Waals surface area contributed by atoms with Gasteiger partial charge in [0.2, 0.25) is 0 Å². The highest BCUT2D eigenvalue weighted by Crippen LogP contribution is 2.36. The molecule has 2 aromatic heterocycles. The lowest BCUT2D eigenvalue weighted by Crippen LogP contribution is -1.70. The van der Waals surface area contributed by atoms with Crippen LogP contribution in [0.4, 0.5) is 0 Å². The quantitative estimate of drug-likeness (QED) is 0.452. The zero-order valence-corrected chi connectivity index (χ0v) is 10.4. The number of rotatable bonds is 0. The molecule has 4 aromatic rings. The van der Waals surface area contributed by atoms with Crippen LogP contribution in [0.3, 0.4) is 0 Å². The van der Waals surface area contributed by atoms with Crippen molar-refractivity contribution in [3.8, 4) is 0 Å². The molecule has 3 nitrogen and oxygen atoms in total. The van der Waals surface area contributed by atoms with E-state index in [-0.39, 0.29) is 5.35 Å². The predicted molar refractivity (Wildman–Crippen MR) is 71.3 cm³/mol. The molecule has 0 aliphatic rings. The summed E-state index contributed by atoms with van der Waals surface area (Å²) in [4.78, 5) is 4.10. The van der Waals surface area contributed by atoms with Crippen molar-refractivity contribution in [2.75, 3.05) is 0 Å². The summed E-state index contributed by atoms with van der Waals surface area (Å²) in [5.41, 5.74) is 2.82. The van der Waals surface area contributed by atoms with Crippen LogP contribution in [0.25, 0.3) is 33.0 Å². The van der Waals surface area contributed by atoms with Gasteiger partial charge in [0, 0.05) is 10.4 Å². The standard InChI is InChI=1S/C13H5Cl2NO2/c14-6-1-3-9-7(5-6)11-10(17-9)4-2-8-12(11)18-13(15)16-8/h1-5H. The van der Waals surface area contributed by atoms with E-state index < -0.39 is 0 Å². The number of nitrogens with zero attached hydrogens (tertiary/aromatic N) is 1. The average Bonchev–Trinajstić information content (AvgIpc) is 2.87. The number of aromatic nitrogens is 1. The number of halogens is 2. The lowest BCUT2D eigenvalue weighted by molar-refractivity contribution is 0.607. The van der Waals surface area contributed by atoms with E-state index in [1.54, 1.807) is 6.07 Å². The highest BCUT2D eigenvalue weighted by atomic mass is 35.5. The summed E-state index contributed by atoms with van der Waals surface area (Å²) in [6.45, 7) is 0. The van der Waals surface area contributed by atoms with E-state index in [4.69, 9.17) is 32.0 Å². The van der Waals surface area contributed by atoms with E-state index in [0.29, 0.717) is 16.1 Å². The fourth-order valence-corrected chi connectivity index (χ4v) is 2.53. The molecule has 4 rings (SSSR count). The molecule has 2 heterocycles. The van der Waals surface area contributed by atoms with Gasteiger partial charge in [-0.05, 0) is 41.9 Å². The summed E-state index contributed by atoms with van der Waals surface area (Å²) in [6.07, 6.45) is 0. The van der Waals surface area contributed by atoms with Crippen LogP contribution in [-0.4, -0.2) is 4.98 Å². The van der Waals surface area contributed by atoms with Crippen molar-refractivity contribution in [3.63, 3.8) is 0 Å². The van der Waals surface area contributed by atoms with E-state index in [9.17, 15) is 0 Å². The molecule has 0 saturated heterocycles. The summed E-state index contributed by atoms with van der Waals surface area (Å²) in [5.74, 6) is 0. The molecule has 0 N–H and O–H groups in total. The second-order valence-electron chi connectivity index (χ2n) is 4.00. The van der Waals surface area contributed by atoms with Gasteiger partial charge in [0.15, 0.2) is 5.58 Å². The van der Waals surface area contributed by atoms with Crippen LogP contribution in [0, 0.1) is 0 Å². The molecule has 0 amide bonds. The molecule has 18 heavy (non-hydrogen) atoms. The Hall–Kier alpha value is -1.71. The zero-order chi connectivity index (χ0) is 12.3. The van der Waals surface area contributed by atoms with Gasteiger partial charge >= 0.3 is 0 Å². The van der Waals surface area contributed by atoms with Gasteiger partial charge in [-0.1, -0.05) is 11.6 Å². The van der Waals surface area contributed by atoms with Gasteiger partial charge in [-0.15, -0.1) is 0 Å². The Labute approximate surface area is 111 Å². The number of benzene rings is 2. The normalized spacial score (nSPS) is 11.9. The van der Waals surface area contributed by atoms with Crippen molar-refractivity contribution >= 4 is 56.2 Å². The maximum Gasteiger partial charge on any atom is 0.293 e. The van der Waals surface area contributed by atoms with Crippen LogP contribution in [-0.2, 0) is 0 Å². The van der Waals surface area contributed by atoms with Crippen molar-refractivity contribution < 1.29 is 8.83 Å². The smallest absolute Gasteiger partial charge is 0.293 e. The highest BCUT2D eigenvalue weighted by Gasteiger charge is 2.15. The largest absolute Gasteiger partial charge is 0.456 e. The first-order chi connectivity index (χ1) is 8.72. The van der Waals surface area contributed by atoms with Gasteiger partial charge < -0.3 is 8.83 Å². The Kier molecular flexibility index (Phi) is 1.93. The van der Waals surface area contributed by atoms with Gasteiger partial charge in [-0.25, -0.2) is 0 Å². The number of oxazole rings is 1. The van der Waals surface area contributed by atoms with Crippen LogP contribution in [0.15, 0.2) is 39.2 Å². The molecule has 0 radical (unpaired) electrons. The zero-order valence-electron chi connectivity index (χ0n) is 8.91. The van der Waals surface area contributed by atoms with E-state index in [1.807, 2.05) is 24.3 Å². The monoisotopic (exact) mass is 277 g/mol. The average molecular weight is 278 g/mol. The van der Waals surface area contributed by atoms with Crippen molar-refractivity contribution in [1.82, 2.24) is 4.98 Å². The molecule has 0 aliphatic carbocycles. The van der Waals surface area contributed by atoms with Gasteiger partial charge in [0.1, 0.15) is 16.7 Å². The SMILES string of the molecule is Clc1ccc2oc3ccc4nc(Cl)oc4c3c2c1. The summed E-state index contributed by atoms with van der Waals surface area (Å²) in [5, 5.41) is 2.52. The summed E-state index contributed by atoms with van der Waals surface area (Å²) < 4.78 is 11.2. The predicted octanol–water partition coefficient (Wildman–Crippen LogP) is 5.03. The van der Waals surface area contributed by atoms with Crippen LogP contribution >= 0.6 is 23.2 Å². The van der Waals surface area contributed by atoms with E-state index in [0.717, 1.165) is 21.9 Å². The fraction of sp³-hybridized carbons (Fsp3) is 0. The van der Waals surface area contributed by atoms with Crippen LogP contribution in [0.1, 0.15) is 0 Å². The molecule has 0 atom stereocenters. The van der Waals surface area contributed by atoms with Gasteiger partial charge in [-0.2, -0.15) is 4.98 Å². The Balaban J connectivity index is 2.34. The number of furan rings is 1. The lowest BCUT2D eigenvalue weighted by Gasteiger charge is -1.91. The third-order valence-electron chi connectivity index (χ3n) is 2.92. The minimum absolute atomic E-state index is 0.119. The van der Waals surface area contributed by atoms with E-state index >= 15 is 0 Å². The molecule has 88 valence electrons. The fourth-order valence-electron chi connectivity index (χ4n) is 2.19. The molecule has 0 spiro atoms. The molecular weight excluding hydrogens is 273 g/mol. The Morgan fingerprint density at radius 3 is 2.67 bits per heavy atom. The summed E-state index contributed by atoms with van der Waals surface area (Å²) in [7, 11) is 0. The van der Waals surface area contributed by atoms with Gasteiger partial charge in [0.05, 0.1) is 5.39 Å². The third kappa shape index (κ3) is 1.29. The molecule has 5 heteroatoms. The first-order valence-electron chi connectivity index (χ1n) is 5.29. The highest BCUT2D eigenvalue weighted by molar-refractivity contribution is 6.32. The topological polar surface area (TPSA) is 39.2 Å². The van der Waals surface area contributed by atoms with Crippen molar-refractivity contribution in [1.29, 1.82) is 0 Å². The minimum atomic E-state index is 0.119. The van der Waals surface area contributed by atoms with Crippen LogP contribution in [0.2, 0.25) is 10.4 Å². The second-order valence-corrected chi connectivity index (χ2v) is 4.76. The van der Waals surface area contributed by atoms with Gasteiger partial charge in [-0.3, -0.25) is 0 Å². The summed E-state index contributed by atoms with van der Waals surface area (Å²) in [6, 6.07) is 9.14. The van der Waals surface area contributed by atoms with Crippen LogP contribution in [0.5, 0.6) is 0 Å². The molecule has 0 fully saturated rings. The minimum Gasteiger partial charge on any atom is -0.456 e. The summed E-state index contributed by atoms with van der Waals surface area (Å²) >= 11 is 11.8. The maximum absolute atomic E-state index is 6.02. The van der Waals surface area contributed by atoms with E-state index in [2.05, 4.69) is 4.98 Å². The number of fused-ring (bicyclic) bond motifs is 5. The Morgan fingerprint density at radius 1 is 0.944 bits per heavy atom. The molecule has 0 bridgehead atoms. The second kappa shape index (κ2) is 3.40. The van der Waals surface area contributed by atoms with Crippen molar-refractivity contribution in [2.45, 2.75) is 0 Å². The van der Waals surface area contributed by atoms with Gasteiger partial charge in [0.25, 0.3) is 5.35 Å². The lowest BCUT2D eigenvalue weighted by atomic mass is 10.1. The molecule has 0 saturated carbocycles. The van der Waals surface area contributed by atoms with Crippen LogP contribution < -0.4 is 0 Å². The molecule has 2 aromatic carbocycles. The maximum atomic E-state index is 6.02. The van der Waals surface area contributed by atoms with Crippen molar-refractivity contribution in [2.24, 2.45) is 0 Å². The van der Waals surface area contributed by atoms with E-state index in [1.165, 1.54) is 0 Å². The number of hydrogen-bond acceptors (Lipinski definition) is 3.